The molecule has 0 N–H and O–H groups in total. The minimum atomic E-state index is -0.725. The maximum absolute atomic E-state index is 2.44. The first-order chi connectivity index (χ1) is 2.47. The smallest absolute Gasteiger partial charge is 0.00422 e. The number of hydrogen-bond donors (Lipinski definition) is 0. The number of hydrogen-bond acceptors (Lipinski definition) is 0. The lowest BCUT2D eigenvalue weighted by Gasteiger charge is -2.16. The first kappa shape index (κ1) is 4.38. The van der Waals surface area contributed by atoms with Crippen LogP contribution in [-0.2, 0) is 0 Å². The highest BCUT2D eigenvalue weighted by Gasteiger charge is 2.24. The molecule has 0 atom stereocenters. The van der Waals surface area contributed by atoms with E-state index < -0.39 is 8.75 Å². The van der Waals surface area contributed by atoms with Gasteiger partial charge in [0, 0.05) is 0 Å². The monoisotopic (exact) mass is 104 g/mol. The Morgan fingerprint density at radius 3 is 1.50 bits per heavy atom. The Bertz CT molecular complexity index is 125. The van der Waals surface area contributed by atoms with Crippen molar-refractivity contribution in [2.45, 2.75) is 0 Å². The molecule has 1 rings (SSSR count). The molecule has 0 aromatic heterocycles. The van der Waals surface area contributed by atoms with E-state index in [-0.39, 0.29) is 0 Å². The predicted molar refractivity (Wildman–Crippen MR) is 36.3 cm³/mol. The Morgan fingerprint density at radius 1 is 1.33 bits per heavy atom. The standard InChI is InChI=1S/C5H12S/c1-6(2,3)4-5-6/h4H,5H2,1-3H3. The molecular formula is C5H12S. The Kier molecular flexibility index (Phi) is 0.455. The van der Waals surface area contributed by atoms with E-state index in [1.807, 2.05) is 0 Å². The fraction of sp³-hybridized carbons (Fsp3) is 0.800. The van der Waals surface area contributed by atoms with Gasteiger partial charge in [0.2, 0.25) is 0 Å². The molecule has 0 nitrogen and oxygen atoms in total. The molecule has 0 aromatic rings. The maximum atomic E-state index is 2.44. The van der Waals surface area contributed by atoms with Crippen molar-refractivity contribution in [3.8, 4) is 0 Å². The van der Waals surface area contributed by atoms with Gasteiger partial charge in [0.25, 0.3) is 0 Å². The van der Waals surface area contributed by atoms with Gasteiger partial charge in [-0.25, -0.2) is 0 Å². The molecule has 38 valence electrons. The third-order valence-electron chi connectivity index (χ3n) is 1.17. The van der Waals surface area contributed by atoms with Gasteiger partial charge < -0.3 is 0 Å². The van der Waals surface area contributed by atoms with Crippen LogP contribution in [0, 0.1) is 0 Å². The van der Waals surface area contributed by atoms with Gasteiger partial charge in [-0.2, -0.15) is 0 Å². The molecule has 0 saturated carbocycles. The SMILES string of the molecule is CS1(C)(C)=CC1. The van der Waals surface area contributed by atoms with Crippen molar-refractivity contribution < 1.29 is 0 Å². The average molecular weight is 104 g/mol. The fourth-order valence-corrected chi connectivity index (χ4v) is 1.84. The van der Waals surface area contributed by atoms with Gasteiger partial charge >= 0.3 is 0 Å². The topological polar surface area (TPSA) is 0 Å². The summed E-state index contributed by atoms with van der Waals surface area (Å²) < 4.78 is 0. The van der Waals surface area contributed by atoms with Crippen molar-refractivity contribution in [1.82, 2.24) is 0 Å². The van der Waals surface area contributed by atoms with Crippen LogP contribution < -0.4 is 0 Å². The van der Waals surface area contributed by atoms with Crippen LogP contribution in [0.4, 0.5) is 0 Å². The Morgan fingerprint density at radius 2 is 1.50 bits per heavy atom. The molecule has 0 bridgehead atoms. The predicted octanol–water partition coefficient (Wildman–Crippen LogP) is 1.03. The van der Waals surface area contributed by atoms with Crippen LogP contribution >= 0.6 is 8.75 Å². The van der Waals surface area contributed by atoms with Gasteiger partial charge in [-0.3, -0.25) is 8.75 Å². The van der Waals surface area contributed by atoms with E-state index in [0.717, 1.165) is 0 Å². The molecule has 0 spiro atoms. The van der Waals surface area contributed by atoms with E-state index >= 15 is 0 Å². The molecule has 1 heteroatoms. The highest BCUT2D eigenvalue weighted by Crippen LogP contribution is 2.56. The Hall–Kier alpha value is 0.220. The highest BCUT2D eigenvalue weighted by molar-refractivity contribution is 8.52. The van der Waals surface area contributed by atoms with Crippen LogP contribution in [0.3, 0.4) is 0 Å². The normalized spacial score (nSPS) is 41.5. The van der Waals surface area contributed by atoms with E-state index in [9.17, 15) is 0 Å². The summed E-state index contributed by atoms with van der Waals surface area (Å²) in [5, 5.41) is 2.44. The molecule has 0 saturated heterocycles. The van der Waals surface area contributed by atoms with Crippen molar-refractivity contribution in [1.29, 1.82) is 0 Å². The summed E-state index contributed by atoms with van der Waals surface area (Å²) in [4.78, 5) is 0. The van der Waals surface area contributed by atoms with E-state index in [1.165, 1.54) is 5.75 Å². The third kappa shape index (κ3) is 0.839. The molecule has 0 amide bonds. The van der Waals surface area contributed by atoms with Crippen LogP contribution in [0.2, 0.25) is 0 Å². The Balaban J connectivity index is 2.97. The molecule has 6 heavy (non-hydrogen) atoms. The Labute approximate surface area is 39.4 Å². The summed E-state index contributed by atoms with van der Waals surface area (Å²) in [5.74, 6) is 1.40. The van der Waals surface area contributed by atoms with E-state index in [2.05, 4.69) is 24.1 Å². The summed E-state index contributed by atoms with van der Waals surface area (Å²) in [6.07, 6.45) is 7.12. The second-order valence-electron chi connectivity index (χ2n) is 3.30. The quantitative estimate of drug-likeness (QED) is 0.403. The van der Waals surface area contributed by atoms with E-state index in [1.54, 1.807) is 0 Å². The molecule has 0 radical (unpaired) electrons. The second-order valence-corrected chi connectivity index (χ2v) is 9.89. The number of rotatable bonds is 0. The second kappa shape index (κ2) is 0.623. The fourth-order valence-electron chi connectivity index (χ4n) is 0.204. The van der Waals surface area contributed by atoms with Gasteiger partial charge in [-0.1, -0.05) is 5.37 Å². The highest BCUT2D eigenvalue weighted by atomic mass is 32.3. The maximum Gasteiger partial charge on any atom is -0.00422 e. The lowest BCUT2D eigenvalue weighted by atomic mass is 11.0. The van der Waals surface area contributed by atoms with Crippen molar-refractivity contribution in [2.24, 2.45) is 0 Å². The van der Waals surface area contributed by atoms with E-state index in [4.69, 9.17) is 0 Å². The van der Waals surface area contributed by atoms with Gasteiger partial charge in [-0.15, -0.1) is 0 Å². The lowest BCUT2D eigenvalue weighted by molar-refractivity contribution is 2.01. The molecule has 1 heterocycles. The molecule has 0 aromatic carbocycles. The summed E-state index contributed by atoms with van der Waals surface area (Å²) in [7, 11) is -0.725. The summed E-state index contributed by atoms with van der Waals surface area (Å²) >= 11 is 0. The molecule has 1 aliphatic rings. The zero-order valence-corrected chi connectivity index (χ0v) is 5.51. The largest absolute Gasteiger partial charge is 0.251 e. The van der Waals surface area contributed by atoms with E-state index in [0.29, 0.717) is 0 Å². The zero-order valence-electron chi connectivity index (χ0n) is 4.69. The van der Waals surface area contributed by atoms with Crippen LogP contribution in [0.15, 0.2) is 0 Å². The summed E-state index contributed by atoms with van der Waals surface area (Å²) in [6.45, 7) is 0. The minimum Gasteiger partial charge on any atom is -0.251 e. The third-order valence-corrected chi connectivity index (χ3v) is 3.50. The van der Waals surface area contributed by atoms with Crippen LogP contribution in [0.5, 0.6) is 0 Å². The van der Waals surface area contributed by atoms with Crippen LogP contribution in [0.25, 0.3) is 0 Å². The zero-order chi connectivity index (χ0) is 4.86. The van der Waals surface area contributed by atoms with Gasteiger partial charge in [0.15, 0.2) is 0 Å². The van der Waals surface area contributed by atoms with Crippen molar-refractivity contribution in [2.75, 3.05) is 24.5 Å². The van der Waals surface area contributed by atoms with Crippen LogP contribution in [0.1, 0.15) is 0 Å². The van der Waals surface area contributed by atoms with Crippen molar-refractivity contribution in [3.63, 3.8) is 0 Å². The van der Waals surface area contributed by atoms with Crippen LogP contribution in [-0.4, -0.2) is 29.9 Å². The first-order valence-corrected chi connectivity index (χ1v) is 5.66. The first-order valence-electron chi connectivity index (χ1n) is 2.16. The summed E-state index contributed by atoms with van der Waals surface area (Å²) in [5.41, 5.74) is 0. The lowest BCUT2D eigenvalue weighted by Crippen LogP contribution is -1.82. The minimum absolute atomic E-state index is 0.725. The summed E-state index contributed by atoms with van der Waals surface area (Å²) in [6, 6.07) is 0. The molecular weight excluding hydrogens is 92.1 g/mol. The molecule has 0 fully saturated rings. The van der Waals surface area contributed by atoms with Gasteiger partial charge in [-0.05, 0) is 24.5 Å². The molecule has 1 aliphatic heterocycles. The molecule has 0 aliphatic carbocycles. The van der Waals surface area contributed by atoms with Crippen molar-refractivity contribution >= 4 is 14.1 Å². The van der Waals surface area contributed by atoms with Crippen molar-refractivity contribution in [3.05, 3.63) is 0 Å². The van der Waals surface area contributed by atoms with Gasteiger partial charge in [0.1, 0.15) is 0 Å². The average Bonchev–Trinajstić information content (AvgIpc) is 1.73. The molecule has 0 unspecified atom stereocenters. The van der Waals surface area contributed by atoms with Gasteiger partial charge in [0.05, 0.1) is 0 Å².